The Morgan fingerprint density at radius 1 is 1.67 bits per heavy atom. The molecular formula is C10H17N3O2. The zero-order chi connectivity index (χ0) is 10.9. The first-order valence-corrected chi connectivity index (χ1v) is 5.20. The number of carbonyl (C=O) groups excluding carboxylic acids is 1. The fraction of sp³-hybridized carbons (Fsp3) is 0.600. The predicted molar refractivity (Wildman–Crippen MR) is 56.6 cm³/mol. The van der Waals surface area contributed by atoms with Crippen LogP contribution < -0.4 is 5.32 Å². The highest BCUT2D eigenvalue weighted by molar-refractivity contribution is 5.67. The number of unbranched alkanes of at least 4 members (excludes halogenated alkanes) is 1. The predicted octanol–water partition coefficient (Wildman–Crippen LogP) is 1.48. The molecule has 0 saturated heterocycles. The molecule has 1 aromatic heterocycles. The normalized spacial score (nSPS) is 9.93. The Labute approximate surface area is 89.2 Å². The van der Waals surface area contributed by atoms with Gasteiger partial charge in [-0.25, -0.2) is 9.78 Å². The summed E-state index contributed by atoms with van der Waals surface area (Å²) in [5.41, 5.74) is 1.00. The molecule has 0 saturated carbocycles. The summed E-state index contributed by atoms with van der Waals surface area (Å²) in [5.74, 6) is 0. The van der Waals surface area contributed by atoms with Crippen molar-refractivity contribution in [2.75, 3.05) is 13.2 Å². The van der Waals surface area contributed by atoms with Gasteiger partial charge >= 0.3 is 6.09 Å². The number of aromatic amines is 1. The van der Waals surface area contributed by atoms with E-state index in [1.165, 1.54) is 0 Å². The Balaban J connectivity index is 2.02. The molecule has 2 N–H and O–H groups in total. The van der Waals surface area contributed by atoms with Crippen LogP contribution in [-0.4, -0.2) is 29.2 Å². The highest BCUT2D eigenvalue weighted by atomic mass is 16.5. The fourth-order valence-electron chi connectivity index (χ4n) is 1.08. The van der Waals surface area contributed by atoms with Crippen LogP contribution in [0.3, 0.4) is 0 Å². The molecule has 0 atom stereocenters. The van der Waals surface area contributed by atoms with E-state index >= 15 is 0 Å². The number of rotatable bonds is 6. The third kappa shape index (κ3) is 5.05. The lowest BCUT2D eigenvalue weighted by molar-refractivity contribution is 0.144. The number of H-pyrrole nitrogens is 1. The van der Waals surface area contributed by atoms with Crippen LogP contribution >= 0.6 is 0 Å². The molecule has 0 fully saturated rings. The van der Waals surface area contributed by atoms with Gasteiger partial charge in [0.1, 0.15) is 0 Å². The van der Waals surface area contributed by atoms with Crippen molar-refractivity contribution in [3.8, 4) is 0 Å². The third-order valence-electron chi connectivity index (χ3n) is 1.95. The highest BCUT2D eigenvalue weighted by Crippen LogP contribution is 1.91. The molecule has 1 rings (SSSR count). The molecule has 0 bridgehead atoms. The maximum atomic E-state index is 11.1. The van der Waals surface area contributed by atoms with Crippen molar-refractivity contribution in [2.45, 2.75) is 26.2 Å². The summed E-state index contributed by atoms with van der Waals surface area (Å²) >= 11 is 0. The molecule has 0 aromatic carbocycles. The smallest absolute Gasteiger partial charge is 0.407 e. The van der Waals surface area contributed by atoms with Gasteiger partial charge in [-0.2, -0.15) is 0 Å². The van der Waals surface area contributed by atoms with E-state index < -0.39 is 0 Å². The summed E-state index contributed by atoms with van der Waals surface area (Å²) in [6.45, 7) is 3.11. The van der Waals surface area contributed by atoms with Crippen LogP contribution in [0.5, 0.6) is 0 Å². The zero-order valence-electron chi connectivity index (χ0n) is 8.95. The lowest BCUT2D eigenvalue weighted by Gasteiger charge is -2.05. The van der Waals surface area contributed by atoms with Crippen molar-refractivity contribution in [1.82, 2.24) is 15.3 Å². The van der Waals surface area contributed by atoms with Crippen LogP contribution in [-0.2, 0) is 11.2 Å². The Kier molecular flexibility index (Phi) is 5.29. The van der Waals surface area contributed by atoms with Crippen LogP contribution in [0.1, 0.15) is 25.5 Å². The molecule has 5 nitrogen and oxygen atoms in total. The van der Waals surface area contributed by atoms with E-state index in [-0.39, 0.29) is 6.09 Å². The third-order valence-corrected chi connectivity index (χ3v) is 1.95. The second kappa shape index (κ2) is 6.86. The molecule has 0 unspecified atom stereocenters. The molecule has 84 valence electrons. The number of alkyl carbamates (subject to hydrolysis) is 1. The number of nitrogens with zero attached hydrogens (tertiary/aromatic N) is 1. The summed E-state index contributed by atoms with van der Waals surface area (Å²) < 4.78 is 4.93. The van der Waals surface area contributed by atoms with E-state index in [2.05, 4.69) is 22.2 Å². The number of imidazole rings is 1. The summed E-state index contributed by atoms with van der Waals surface area (Å²) in [4.78, 5) is 17.9. The molecule has 1 amide bonds. The van der Waals surface area contributed by atoms with Gasteiger partial charge in [-0.15, -0.1) is 0 Å². The van der Waals surface area contributed by atoms with Crippen LogP contribution in [0.2, 0.25) is 0 Å². The minimum atomic E-state index is -0.344. The molecule has 1 aromatic rings. The van der Waals surface area contributed by atoms with Crippen molar-refractivity contribution in [3.63, 3.8) is 0 Å². The number of hydrogen-bond donors (Lipinski definition) is 2. The molecule has 0 aliphatic rings. The molecule has 0 aliphatic carbocycles. The quantitative estimate of drug-likeness (QED) is 0.700. The van der Waals surface area contributed by atoms with Gasteiger partial charge in [0, 0.05) is 24.9 Å². The van der Waals surface area contributed by atoms with Gasteiger partial charge in [-0.05, 0) is 6.42 Å². The average molecular weight is 211 g/mol. The minimum absolute atomic E-state index is 0.344. The zero-order valence-corrected chi connectivity index (χ0v) is 8.95. The van der Waals surface area contributed by atoms with E-state index in [9.17, 15) is 4.79 Å². The number of amides is 1. The first-order chi connectivity index (χ1) is 7.33. The van der Waals surface area contributed by atoms with E-state index in [0.29, 0.717) is 13.2 Å². The summed E-state index contributed by atoms with van der Waals surface area (Å²) in [6.07, 6.45) is 5.69. The molecule has 0 aliphatic heterocycles. The van der Waals surface area contributed by atoms with E-state index in [0.717, 1.165) is 25.0 Å². The summed E-state index contributed by atoms with van der Waals surface area (Å²) in [5, 5.41) is 2.67. The molecule has 5 heteroatoms. The lowest BCUT2D eigenvalue weighted by Crippen LogP contribution is -2.26. The average Bonchev–Trinajstić information content (AvgIpc) is 2.71. The molecular weight excluding hydrogens is 194 g/mol. The second-order valence-corrected chi connectivity index (χ2v) is 3.24. The lowest BCUT2D eigenvalue weighted by atomic mass is 10.3. The first kappa shape index (κ1) is 11.6. The Bertz CT molecular complexity index is 272. The van der Waals surface area contributed by atoms with Crippen molar-refractivity contribution < 1.29 is 9.53 Å². The topological polar surface area (TPSA) is 67.0 Å². The maximum Gasteiger partial charge on any atom is 0.407 e. The minimum Gasteiger partial charge on any atom is -0.450 e. The number of ether oxygens (including phenoxy) is 1. The molecule has 1 heterocycles. The van der Waals surface area contributed by atoms with Crippen LogP contribution in [0.15, 0.2) is 12.5 Å². The van der Waals surface area contributed by atoms with Gasteiger partial charge in [0.2, 0.25) is 0 Å². The number of carbonyl (C=O) groups is 1. The van der Waals surface area contributed by atoms with Crippen molar-refractivity contribution in [1.29, 1.82) is 0 Å². The van der Waals surface area contributed by atoms with E-state index in [4.69, 9.17) is 4.74 Å². The van der Waals surface area contributed by atoms with Gasteiger partial charge in [0.05, 0.1) is 12.9 Å². The SMILES string of the molecule is CCCCOC(=O)NCCc1cnc[nH]1. The Morgan fingerprint density at radius 3 is 3.20 bits per heavy atom. The van der Waals surface area contributed by atoms with Gasteiger partial charge in [-0.3, -0.25) is 0 Å². The Morgan fingerprint density at radius 2 is 2.53 bits per heavy atom. The standard InChI is InChI=1S/C10H17N3O2/c1-2-3-6-15-10(14)12-5-4-9-7-11-8-13-9/h7-8H,2-6H2,1H3,(H,11,13)(H,12,14). The largest absolute Gasteiger partial charge is 0.450 e. The number of nitrogens with one attached hydrogen (secondary N) is 2. The van der Waals surface area contributed by atoms with Crippen molar-refractivity contribution >= 4 is 6.09 Å². The van der Waals surface area contributed by atoms with Crippen LogP contribution in [0.4, 0.5) is 4.79 Å². The van der Waals surface area contributed by atoms with Gasteiger partial charge in [0.25, 0.3) is 0 Å². The van der Waals surface area contributed by atoms with Crippen LogP contribution in [0.25, 0.3) is 0 Å². The van der Waals surface area contributed by atoms with Crippen molar-refractivity contribution in [2.24, 2.45) is 0 Å². The monoisotopic (exact) mass is 211 g/mol. The first-order valence-electron chi connectivity index (χ1n) is 5.20. The number of aromatic nitrogens is 2. The van der Waals surface area contributed by atoms with Gasteiger partial charge in [-0.1, -0.05) is 13.3 Å². The molecule has 0 spiro atoms. The highest BCUT2D eigenvalue weighted by Gasteiger charge is 2.00. The molecule has 15 heavy (non-hydrogen) atoms. The van der Waals surface area contributed by atoms with E-state index in [1.54, 1.807) is 12.5 Å². The fourth-order valence-corrected chi connectivity index (χ4v) is 1.08. The summed E-state index contributed by atoms with van der Waals surface area (Å²) in [7, 11) is 0. The van der Waals surface area contributed by atoms with Gasteiger partial charge in [0.15, 0.2) is 0 Å². The maximum absolute atomic E-state index is 11.1. The summed E-state index contributed by atoms with van der Waals surface area (Å²) in [6, 6.07) is 0. The van der Waals surface area contributed by atoms with Crippen LogP contribution in [0, 0.1) is 0 Å². The van der Waals surface area contributed by atoms with Gasteiger partial charge < -0.3 is 15.0 Å². The molecule has 0 radical (unpaired) electrons. The van der Waals surface area contributed by atoms with E-state index in [1.807, 2.05) is 0 Å². The van der Waals surface area contributed by atoms with Crippen molar-refractivity contribution in [3.05, 3.63) is 18.2 Å². The second-order valence-electron chi connectivity index (χ2n) is 3.24. The Hall–Kier alpha value is -1.52. The number of hydrogen-bond acceptors (Lipinski definition) is 3.